The van der Waals surface area contributed by atoms with Gasteiger partial charge in [-0.3, -0.25) is 9.59 Å². The van der Waals surface area contributed by atoms with Crippen molar-refractivity contribution in [3.05, 3.63) is 34.4 Å². The summed E-state index contributed by atoms with van der Waals surface area (Å²) >= 11 is 0. The Labute approximate surface area is 167 Å². The van der Waals surface area contributed by atoms with Crippen molar-refractivity contribution in [1.82, 2.24) is 9.96 Å². The molecule has 154 valence electrons. The Morgan fingerprint density at radius 1 is 1.07 bits per heavy atom. The van der Waals surface area contributed by atoms with E-state index in [0.29, 0.717) is 39.1 Å². The lowest BCUT2D eigenvalue weighted by molar-refractivity contribution is -0.167. The molecule has 1 aromatic carbocycles. The van der Waals surface area contributed by atoms with Crippen molar-refractivity contribution in [3.63, 3.8) is 0 Å². The van der Waals surface area contributed by atoms with Crippen LogP contribution in [0.4, 0.5) is 0 Å². The van der Waals surface area contributed by atoms with E-state index in [1.165, 1.54) is 0 Å². The molecule has 0 bridgehead atoms. The van der Waals surface area contributed by atoms with E-state index in [9.17, 15) is 9.59 Å². The second-order valence-corrected chi connectivity index (χ2v) is 8.09. The summed E-state index contributed by atoms with van der Waals surface area (Å²) in [6, 6.07) is 4.13. The maximum absolute atomic E-state index is 13.8. The van der Waals surface area contributed by atoms with Crippen LogP contribution >= 0.6 is 0 Å². The third-order valence-corrected chi connectivity index (χ3v) is 6.32. The number of carbonyl (C=O) groups excluding carboxylic acids is 2. The molecular weight excluding hydrogens is 356 g/mol. The normalized spacial score (nSPS) is 22.5. The molecule has 1 spiro atoms. The van der Waals surface area contributed by atoms with Crippen LogP contribution in [0.2, 0.25) is 0 Å². The first-order valence-corrected chi connectivity index (χ1v) is 10.1. The highest BCUT2D eigenvalue weighted by Crippen LogP contribution is 2.44. The number of likely N-dealkylation sites (tertiary alicyclic amines) is 1. The number of aryl methyl sites for hydroxylation is 3. The molecule has 0 aromatic heterocycles. The highest BCUT2D eigenvalue weighted by atomic mass is 16.7. The molecule has 6 nitrogen and oxygen atoms in total. The number of ketones is 1. The van der Waals surface area contributed by atoms with Crippen LogP contribution in [0, 0.1) is 20.8 Å². The van der Waals surface area contributed by atoms with Crippen molar-refractivity contribution in [2.75, 3.05) is 40.5 Å². The third kappa shape index (κ3) is 3.49. The molecule has 3 rings (SSSR count). The molecule has 1 aromatic rings. The van der Waals surface area contributed by atoms with Crippen molar-refractivity contribution >= 4 is 11.7 Å². The van der Waals surface area contributed by atoms with Gasteiger partial charge < -0.3 is 14.5 Å². The standard InChI is InChI=1S/C22H32N2O4/c1-15-13-16(2)18(17(3)14-15)19-20(25)22(7-10-23(28-5)11-8-22)24(21(19)26)9-6-12-27-4/h13-14,19H,6-12H2,1-5H3. The van der Waals surface area contributed by atoms with Crippen LogP contribution in [-0.2, 0) is 19.2 Å². The van der Waals surface area contributed by atoms with Gasteiger partial charge in [0.1, 0.15) is 11.5 Å². The molecule has 2 heterocycles. The van der Waals surface area contributed by atoms with Gasteiger partial charge in [-0.05, 0) is 56.7 Å². The number of amides is 1. The van der Waals surface area contributed by atoms with Gasteiger partial charge in [-0.25, -0.2) is 0 Å². The van der Waals surface area contributed by atoms with Gasteiger partial charge in [-0.2, -0.15) is 5.06 Å². The first kappa shape index (κ1) is 21.0. The van der Waals surface area contributed by atoms with Crippen LogP contribution in [0.25, 0.3) is 0 Å². The van der Waals surface area contributed by atoms with E-state index in [-0.39, 0.29) is 11.7 Å². The van der Waals surface area contributed by atoms with Crippen LogP contribution in [0.5, 0.6) is 0 Å². The lowest BCUT2D eigenvalue weighted by atomic mass is 9.78. The van der Waals surface area contributed by atoms with Gasteiger partial charge in [0.15, 0.2) is 5.78 Å². The van der Waals surface area contributed by atoms with Crippen LogP contribution in [0.3, 0.4) is 0 Å². The summed E-state index contributed by atoms with van der Waals surface area (Å²) < 4.78 is 5.19. The van der Waals surface area contributed by atoms with Gasteiger partial charge in [0.2, 0.25) is 5.91 Å². The van der Waals surface area contributed by atoms with Gasteiger partial charge in [-0.1, -0.05) is 17.7 Å². The number of ether oxygens (including phenoxy) is 1. The summed E-state index contributed by atoms with van der Waals surface area (Å²) in [4.78, 5) is 34.5. The van der Waals surface area contributed by atoms with Crippen LogP contribution in [-0.4, -0.2) is 67.7 Å². The van der Waals surface area contributed by atoms with Crippen molar-refractivity contribution in [1.29, 1.82) is 0 Å². The molecule has 0 aliphatic carbocycles. The van der Waals surface area contributed by atoms with E-state index in [2.05, 4.69) is 12.1 Å². The number of hydrogen-bond donors (Lipinski definition) is 0. The highest BCUT2D eigenvalue weighted by molar-refractivity contribution is 6.17. The Hall–Kier alpha value is -1.76. The summed E-state index contributed by atoms with van der Waals surface area (Å²) in [5.41, 5.74) is 3.36. The number of rotatable bonds is 6. The van der Waals surface area contributed by atoms with Crippen LogP contribution < -0.4 is 0 Å². The lowest BCUT2D eigenvalue weighted by Gasteiger charge is -2.42. The molecule has 2 fully saturated rings. The molecule has 0 radical (unpaired) electrons. The Bertz CT molecular complexity index is 730. The van der Waals surface area contributed by atoms with Crippen LogP contribution in [0.1, 0.15) is 47.4 Å². The highest BCUT2D eigenvalue weighted by Gasteiger charge is 2.59. The zero-order valence-electron chi connectivity index (χ0n) is 17.7. The summed E-state index contributed by atoms with van der Waals surface area (Å²) in [7, 11) is 3.31. The van der Waals surface area contributed by atoms with E-state index < -0.39 is 11.5 Å². The fourth-order valence-electron chi connectivity index (χ4n) is 5.03. The van der Waals surface area contributed by atoms with Crippen molar-refractivity contribution in [2.45, 2.75) is 51.5 Å². The minimum atomic E-state index is -0.728. The average Bonchev–Trinajstić information content (AvgIpc) is 2.84. The molecule has 0 saturated carbocycles. The van der Waals surface area contributed by atoms with Crippen LogP contribution in [0.15, 0.2) is 12.1 Å². The number of Topliss-reactive ketones (excluding diaryl/α,β-unsaturated/α-hetero) is 1. The third-order valence-electron chi connectivity index (χ3n) is 6.32. The summed E-state index contributed by atoms with van der Waals surface area (Å²) in [6.45, 7) is 8.47. The zero-order chi connectivity index (χ0) is 20.5. The molecule has 0 N–H and O–H groups in total. The zero-order valence-corrected chi connectivity index (χ0v) is 17.7. The van der Waals surface area contributed by atoms with E-state index >= 15 is 0 Å². The molecule has 6 heteroatoms. The van der Waals surface area contributed by atoms with Crippen molar-refractivity contribution in [2.24, 2.45) is 0 Å². The largest absolute Gasteiger partial charge is 0.385 e. The number of nitrogens with zero attached hydrogens (tertiary/aromatic N) is 2. The average molecular weight is 389 g/mol. The number of piperidine rings is 1. The predicted molar refractivity (Wildman–Crippen MR) is 107 cm³/mol. The SMILES string of the molecule is COCCCN1C(=O)C(c2c(C)cc(C)cc2C)C(=O)C12CCN(OC)CC2. The molecule has 2 aliphatic heterocycles. The number of methoxy groups -OCH3 is 1. The molecule has 1 amide bonds. The van der Waals surface area contributed by atoms with Gasteiger partial charge >= 0.3 is 0 Å². The number of hydrogen-bond acceptors (Lipinski definition) is 5. The van der Waals surface area contributed by atoms with Gasteiger partial charge in [-0.15, -0.1) is 0 Å². The molecular formula is C22H32N2O4. The first-order valence-electron chi connectivity index (χ1n) is 10.1. The second-order valence-electron chi connectivity index (χ2n) is 8.09. The minimum absolute atomic E-state index is 0.0537. The van der Waals surface area contributed by atoms with E-state index in [4.69, 9.17) is 9.57 Å². The lowest BCUT2D eigenvalue weighted by Crippen LogP contribution is -2.56. The van der Waals surface area contributed by atoms with Crippen molar-refractivity contribution < 1.29 is 19.2 Å². The van der Waals surface area contributed by atoms with E-state index in [1.807, 2.05) is 30.7 Å². The Morgan fingerprint density at radius 2 is 1.68 bits per heavy atom. The van der Waals surface area contributed by atoms with Gasteiger partial charge in [0, 0.05) is 33.4 Å². The smallest absolute Gasteiger partial charge is 0.238 e. The van der Waals surface area contributed by atoms with E-state index in [0.717, 1.165) is 28.7 Å². The topological polar surface area (TPSA) is 59.1 Å². The molecule has 1 unspecified atom stereocenters. The Kier molecular flexibility index (Phi) is 6.22. The minimum Gasteiger partial charge on any atom is -0.385 e. The van der Waals surface area contributed by atoms with E-state index in [1.54, 1.807) is 14.2 Å². The quantitative estimate of drug-likeness (QED) is 0.554. The number of hydroxylamine groups is 2. The molecule has 2 aliphatic rings. The number of benzene rings is 1. The fourth-order valence-corrected chi connectivity index (χ4v) is 5.03. The number of carbonyl (C=O) groups is 2. The summed E-state index contributed by atoms with van der Waals surface area (Å²) in [5, 5.41) is 1.87. The Morgan fingerprint density at radius 3 is 2.21 bits per heavy atom. The maximum Gasteiger partial charge on any atom is 0.238 e. The summed E-state index contributed by atoms with van der Waals surface area (Å²) in [5.74, 6) is -0.694. The molecule has 2 saturated heterocycles. The molecule has 28 heavy (non-hydrogen) atoms. The Balaban J connectivity index is 2.00. The predicted octanol–water partition coefficient (Wildman–Crippen LogP) is 2.54. The fraction of sp³-hybridized carbons (Fsp3) is 0.636. The second kappa shape index (κ2) is 8.31. The molecule has 1 atom stereocenters. The van der Waals surface area contributed by atoms with Gasteiger partial charge in [0.05, 0.1) is 7.11 Å². The van der Waals surface area contributed by atoms with Crippen molar-refractivity contribution in [3.8, 4) is 0 Å². The maximum atomic E-state index is 13.8. The van der Waals surface area contributed by atoms with Gasteiger partial charge in [0.25, 0.3) is 0 Å². The summed E-state index contributed by atoms with van der Waals surface area (Å²) in [6.07, 6.45) is 1.95. The monoisotopic (exact) mass is 388 g/mol. The first-order chi connectivity index (χ1) is 13.4.